The van der Waals surface area contributed by atoms with Gasteiger partial charge in [-0.1, -0.05) is 0 Å². The predicted octanol–water partition coefficient (Wildman–Crippen LogP) is 0.0770. The quantitative estimate of drug-likeness (QED) is 0.599. The van der Waals surface area contributed by atoms with Crippen LogP contribution in [0.2, 0.25) is 0 Å². The molecular formula is C12H20N2O4. The van der Waals surface area contributed by atoms with E-state index in [0.717, 1.165) is 0 Å². The van der Waals surface area contributed by atoms with E-state index in [2.05, 4.69) is 0 Å². The molecule has 0 saturated carbocycles. The van der Waals surface area contributed by atoms with Gasteiger partial charge in [-0.3, -0.25) is 0 Å². The van der Waals surface area contributed by atoms with Crippen LogP contribution in [0.1, 0.15) is 0 Å². The molecule has 102 valence electrons. The summed E-state index contributed by atoms with van der Waals surface area (Å²) in [7, 11) is 3.08. The third kappa shape index (κ3) is 3.18. The van der Waals surface area contributed by atoms with E-state index in [9.17, 15) is 0 Å². The highest BCUT2D eigenvalue weighted by Crippen LogP contribution is 2.36. The van der Waals surface area contributed by atoms with Gasteiger partial charge in [0.1, 0.15) is 0 Å². The molecule has 1 aromatic rings. The number of aliphatic hydroxyl groups is 2. The molecule has 0 aliphatic carbocycles. The molecule has 4 N–H and O–H groups in total. The smallest absolute Gasteiger partial charge is 0.162 e. The zero-order valence-electron chi connectivity index (χ0n) is 10.7. The molecule has 0 aromatic heterocycles. The van der Waals surface area contributed by atoms with Crippen LogP contribution < -0.4 is 20.1 Å². The van der Waals surface area contributed by atoms with E-state index >= 15 is 0 Å². The van der Waals surface area contributed by atoms with Crippen LogP contribution in [0.25, 0.3) is 0 Å². The fourth-order valence-corrected chi connectivity index (χ4v) is 1.75. The molecule has 0 unspecified atom stereocenters. The van der Waals surface area contributed by atoms with Crippen molar-refractivity contribution in [2.45, 2.75) is 0 Å². The van der Waals surface area contributed by atoms with E-state index < -0.39 is 0 Å². The van der Waals surface area contributed by atoms with Crippen molar-refractivity contribution in [1.82, 2.24) is 0 Å². The van der Waals surface area contributed by atoms with Gasteiger partial charge in [-0.25, -0.2) is 0 Å². The Balaban J connectivity index is 3.12. The lowest BCUT2D eigenvalue weighted by atomic mass is 10.2. The standard InChI is InChI=1S/C12H20N2O4/c1-17-11-7-9(13)10(8-12(11)18-2)14(3-5-15)4-6-16/h7-8,15-16H,3-6,13H2,1-2H3. The molecule has 0 radical (unpaired) electrons. The summed E-state index contributed by atoms with van der Waals surface area (Å²) in [5.74, 6) is 1.11. The zero-order chi connectivity index (χ0) is 13.5. The summed E-state index contributed by atoms with van der Waals surface area (Å²) < 4.78 is 10.4. The van der Waals surface area contributed by atoms with Crippen molar-refractivity contribution in [3.63, 3.8) is 0 Å². The minimum atomic E-state index is -0.0201. The van der Waals surface area contributed by atoms with E-state index in [-0.39, 0.29) is 13.2 Å². The van der Waals surface area contributed by atoms with Gasteiger partial charge in [0.15, 0.2) is 11.5 Å². The van der Waals surface area contributed by atoms with Crippen LogP contribution in [-0.4, -0.2) is 50.7 Å². The number of benzene rings is 1. The molecule has 0 heterocycles. The first kappa shape index (κ1) is 14.4. The number of anilines is 2. The predicted molar refractivity (Wildman–Crippen MR) is 70.3 cm³/mol. The van der Waals surface area contributed by atoms with Gasteiger partial charge in [-0.05, 0) is 0 Å². The first-order valence-corrected chi connectivity index (χ1v) is 5.66. The molecule has 0 bridgehead atoms. The molecule has 0 saturated heterocycles. The van der Waals surface area contributed by atoms with E-state index in [0.29, 0.717) is 36.0 Å². The molecule has 6 nitrogen and oxygen atoms in total. The van der Waals surface area contributed by atoms with Crippen LogP contribution in [0.4, 0.5) is 11.4 Å². The number of ether oxygens (including phenoxy) is 2. The molecule has 0 fully saturated rings. The number of nitrogen functional groups attached to an aromatic ring is 1. The fourth-order valence-electron chi connectivity index (χ4n) is 1.75. The summed E-state index contributed by atoms with van der Waals surface area (Å²) in [4.78, 5) is 1.79. The normalized spacial score (nSPS) is 10.2. The lowest BCUT2D eigenvalue weighted by Crippen LogP contribution is -2.30. The average Bonchev–Trinajstić information content (AvgIpc) is 2.38. The molecule has 0 amide bonds. The summed E-state index contributed by atoms with van der Waals surface area (Å²) in [6.07, 6.45) is 0. The first-order valence-electron chi connectivity index (χ1n) is 5.66. The lowest BCUT2D eigenvalue weighted by molar-refractivity contribution is 0.281. The Morgan fingerprint density at radius 3 is 2.00 bits per heavy atom. The SMILES string of the molecule is COc1cc(N)c(N(CCO)CCO)cc1OC. The Hall–Kier alpha value is -1.66. The van der Waals surface area contributed by atoms with Crippen molar-refractivity contribution in [1.29, 1.82) is 0 Å². The number of hydrogen-bond acceptors (Lipinski definition) is 6. The summed E-state index contributed by atoms with van der Waals surface area (Å²) in [6, 6.07) is 3.40. The minimum absolute atomic E-state index is 0.0201. The lowest BCUT2D eigenvalue weighted by Gasteiger charge is -2.25. The van der Waals surface area contributed by atoms with Crippen molar-refractivity contribution in [3.8, 4) is 11.5 Å². The second kappa shape index (κ2) is 6.93. The number of nitrogens with two attached hydrogens (primary N) is 1. The third-order valence-electron chi connectivity index (χ3n) is 2.61. The summed E-state index contributed by atoms with van der Waals surface area (Å²) in [6.45, 7) is 0.738. The second-order valence-corrected chi connectivity index (χ2v) is 3.70. The van der Waals surface area contributed by atoms with Crippen LogP contribution in [0.5, 0.6) is 11.5 Å². The summed E-state index contributed by atoms with van der Waals surface area (Å²) in [5.41, 5.74) is 7.15. The van der Waals surface area contributed by atoms with Crippen molar-refractivity contribution >= 4 is 11.4 Å². The number of hydrogen-bond donors (Lipinski definition) is 3. The first-order chi connectivity index (χ1) is 8.67. The van der Waals surface area contributed by atoms with Crippen LogP contribution in [0, 0.1) is 0 Å². The summed E-state index contributed by atoms with van der Waals surface area (Å²) >= 11 is 0. The van der Waals surface area contributed by atoms with Gasteiger partial charge < -0.3 is 30.3 Å². The Morgan fingerprint density at radius 1 is 1.06 bits per heavy atom. The zero-order valence-corrected chi connectivity index (χ0v) is 10.7. The Bertz CT molecular complexity index is 379. The molecule has 1 aromatic carbocycles. The molecule has 6 heteroatoms. The van der Waals surface area contributed by atoms with Crippen molar-refractivity contribution in [2.75, 3.05) is 51.2 Å². The van der Waals surface area contributed by atoms with Crippen LogP contribution in [0.15, 0.2) is 12.1 Å². The Kier molecular flexibility index (Phi) is 5.54. The van der Waals surface area contributed by atoms with Crippen LogP contribution in [-0.2, 0) is 0 Å². The topological polar surface area (TPSA) is 88.2 Å². The molecule has 0 aliphatic heterocycles. The van der Waals surface area contributed by atoms with Gasteiger partial charge in [0.2, 0.25) is 0 Å². The van der Waals surface area contributed by atoms with E-state index in [4.69, 9.17) is 25.4 Å². The fraction of sp³-hybridized carbons (Fsp3) is 0.500. The average molecular weight is 256 g/mol. The summed E-state index contributed by atoms with van der Waals surface area (Å²) in [5, 5.41) is 18.0. The van der Waals surface area contributed by atoms with E-state index in [1.54, 1.807) is 24.1 Å². The number of methoxy groups -OCH3 is 2. The number of nitrogens with zero attached hydrogens (tertiary/aromatic N) is 1. The van der Waals surface area contributed by atoms with Crippen molar-refractivity contribution in [2.24, 2.45) is 0 Å². The molecule has 1 rings (SSSR count). The molecule has 18 heavy (non-hydrogen) atoms. The molecule has 0 atom stereocenters. The van der Waals surface area contributed by atoms with Crippen LogP contribution in [0.3, 0.4) is 0 Å². The van der Waals surface area contributed by atoms with Gasteiger partial charge in [-0.2, -0.15) is 0 Å². The van der Waals surface area contributed by atoms with Gasteiger partial charge >= 0.3 is 0 Å². The van der Waals surface area contributed by atoms with Gasteiger partial charge in [-0.15, -0.1) is 0 Å². The maximum absolute atomic E-state index is 9.02. The van der Waals surface area contributed by atoms with Crippen molar-refractivity contribution in [3.05, 3.63) is 12.1 Å². The maximum atomic E-state index is 9.02. The monoisotopic (exact) mass is 256 g/mol. The largest absolute Gasteiger partial charge is 0.493 e. The second-order valence-electron chi connectivity index (χ2n) is 3.70. The molecule has 0 spiro atoms. The molecule has 0 aliphatic rings. The molecular weight excluding hydrogens is 236 g/mol. The number of aliphatic hydroxyl groups excluding tert-OH is 2. The highest BCUT2D eigenvalue weighted by atomic mass is 16.5. The minimum Gasteiger partial charge on any atom is -0.493 e. The van der Waals surface area contributed by atoms with E-state index in [1.165, 1.54) is 7.11 Å². The number of rotatable bonds is 7. The Morgan fingerprint density at radius 2 is 1.56 bits per heavy atom. The maximum Gasteiger partial charge on any atom is 0.162 e. The van der Waals surface area contributed by atoms with Crippen molar-refractivity contribution < 1.29 is 19.7 Å². The Labute approximate surface area is 107 Å². The van der Waals surface area contributed by atoms with Gasteiger partial charge in [0, 0.05) is 25.2 Å². The highest BCUT2D eigenvalue weighted by Gasteiger charge is 2.14. The van der Waals surface area contributed by atoms with Gasteiger partial charge in [0.25, 0.3) is 0 Å². The van der Waals surface area contributed by atoms with Gasteiger partial charge in [0.05, 0.1) is 38.8 Å². The third-order valence-corrected chi connectivity index (χ3v) is 2.61. The highest BCUT2D eigenvalue weighted by molar-refractivity contribution is 5.73. The van der Waals surface area contributed by atoms with Crippen LogP contribution >= 0.6 is 0 Å². The van der Waals surface area contributed by atoms with E-state index in [1.807, 2.05) is 0 Å².